The molecule has 5 atom stereocenters. The van der Waals surface area contributed by atoms with Gasteiger partial charge >= 0.3 is 0 Å². The van der Waals surface area contributed by atoms with Crippen LogP contribution in [0.15, 0.2) is 5.11 Å². The molecule has 0 aliphatic carbocycles. The van der Waals surface area contributed by atoms with Crippen LogP contribution in [0.25, 0.3) is 10.4 Å². The Balaban J connectivity index is 2.71. The number of aliphatic hydroxyl groups is 2. The quantitative estimate of drug-likeness (QED) is 0.345. The Morgan fingerprint density at radius 1 is 1.53 bits per heavy atom. The van der Waals surface area contributed by atoms with E-state index in [0.29, 0.717) is 0 Å². The second kappa shape index (κ2) is 5.83. The first-order valence-corrected chi connectivity index (χ1v) is 5.27. The summed E-state index contributed by atoms with van der Waals surface area (Å²) >= 11 is 0. The molecule has 0 radical (unpaired) electrons. The highest BCUT2D eigenvalue weighted by molar-refractivity contribution is 5.73. The van der Waals surface area contributed by atoms with E-state index < -0.39 is 30.5 Å². The van der Waals surface area contributed by atoms with Crippen molar-refractivity contribution in [1.82, 2.24) is 5.32 Å². The van der Waals surface area contributed by atoms with E-state index in [1.54, 1.807) is 6.92 Å². The summed E-state index contributed by atoms with van der Waals surface area (Å²) in [5.74, 6) is -0.315. The van der Waals surface area contributed by atoms with Gasteiger partial charge in [0.2, 0.25) is 5.91 Å². The van der Waals surface area contributed by atoms with Gasteiger partial charge in [-0.15, -0.1) is 0 Å². The number of carbonyl (C=O) groups is 1. The van der Waals surface area contributed by atoms with Gasteiger partial charge in [0.1, 0.15) is 12.2 Å². The Labute approximate surface area is 98.2 Å². The SMILES string of the molecule is CC(=O)N[C@H]1C(C)O[C@H](CN=[N+]=[N-])[C@H](O)[C@@H]1O. The lowest BCUT2D eigenvalue weighted by Crippen LogP contribution is -2.63. The topological polar surface area (TPSA) is 128 Å². The fraction of sp³-hybridized carbons (Fsp3) is 0.889. The third-order valence-electron chi connectivity index (χ3n) is 2.69. The van der Waals surface area contributed by atoms with Crippen molar-refractivity contribution >= 4 is 5.91 Å². The normalized spacial score (nSPS) is 37.1. The number of amides is 1. The van der Waals surface area contributed by atoms with Crippen LogP contribution in [0.2, 0.25) is 0 Å². The van der Waals surface area contributed by atoms with Crippen molar-refractivity contribution in [1.29, 1.82) is 0 Å². The van der Waals surface area contributed by atoms with E-state index in [4.69, 9.17) is 10.3 Å². The van der Waals surface area contributed by atoms with Gasteiger partial charge in [-0.2, -0.15) is 0 Å². The first-order chi connectivity index (χ1) is 7.97. The van der Waals surface area contributed by atoms with Gasteiger partial charge in [-0.3, -0.25) is 4.79 Å². The van der Waals surface area contributed by atoms with Crippen LogP contribution in [0.5, 0.6) is 0 Å². The molecule has 8 nitrogen and oxygen atoms in total. The van der Waals surface area contributed by atoms with Crippen LogP contribution in [-0.2, 0) is 9.53 Å². The van der Waals surface area contributed by atoms with Gasteiger partial charge in [0.15, 0.2) is 0 Å². The molecule has 0 aromatic carbocycles. The highest BCUT2D eigenvalue weighted by Gasteiger charge is 2.42. The Kier molecular flexibility index (Phi) is 4.71. The smallest absolute Gasteiger partial charge is 0.217 e. The Hall–Kier alpha value is -1.34. The van der Waals surface area contributed by atoms with Crippen molar-refractivity contribution in [2.24, 2.45) is 5.11 Å². The first kappa shape index (κ1) is 13.7. The third kappa shape index (κ3) is 3.31. The molecule has 0 aromatic heterocycles. The lowest BCUT2D eigenvalue weighted by molar-refractivity contribution is -0.177. The molecule has 0 bridgehead atoms. The van der Waals surface area contributed by atoms with Gasteiger partial charge in [-0.05, 0) is 12.5 Å². The Bertz CT molecular complexity index is 331. The summed E-state index contributed by atoms with van der Waals surface area (Å²) < 4.78 is 5.39. The van der Waals surface area contributed by atoms with E-state index in [0.717, 1.165) is 0 Å². The molecule has 1 heterocycles. The van der Waals surface area contributed by atoms with Gasteiger partial charge in [0, 0.05) is 11.8 Å². The average molecular weight is 244 g/mol. The van der Waals surface area contributed by atoms with E-state index >= 15 is 0 Å². The van der Waals surface area contributed by atoms with Crippen LogP contribution in [0, 0.1) is 0 Å². The molecule has 3 N–H and O–H groups in total. The maximum absolute atomic E-state index is 10.9. The van der Waals surface area contributed by atoms with Crippen molar-refractivity contribution in [2.45, 2.75) is 44.3 Å². The minimum absolute atomic E-state index is 0.0636. The lowest BCUT2D eigenvalue weighted by atomic mass is 9.93. The number of carbonyl (C=O) groups excluding carboxylic acids is 1. The molecule has 96 valence electrons. The van der Waals surface area contributed by atoms with E-state index in [-0.39, 0.29) is 12.5 Å². The molecular weight excluding hydrogens is 228 g/mol. The Morgan fingerprint density at radius 3 is 2.71 bits per heavy atom. The maximum atomic E-state index is 10.9. The molecule has 17 heavy (non-hydrogen) atoms. The molecule has 0 saturated carbocycles. The molecule has 1 amide bonds. The van der Waals surface area contributed by atoms with Gasteiger partial charge < -0.3 is 20.3 Å². The molecule has 1 aliphatic heterocycles. The molecule has 1 rings (SSSR count). The zero-order chi connectivity index (χ0) is 13.0. The number of hydrogen-bond acceptors (Lipinski definition) is 5. The lowest BCUT2D eigenvalue weighted by Gasteiger charge is -2.41. The monoisotopic (exact) mass is 244 g/mol. The summed E-state index contributed by atoms with van der Waals surface area (Å²) in [6, 6.07) is -0.676. The van der Waals surface area contributed by atoms with Gasteiger partial charge in [-0.25, -0.2) is 0 Å². The summed E-state index contributed by atoms with van der Waals surface area (Å²) in [6.45, 7) is 2.92. The number of aliphatic hydroxyl groups excluding tert-OH is 2. The first-order valence-electron chi connectivity index (χ1n) is 5.27. The minimum Gasteiger partial charge on any atom is -0.388 e. The third-order valence-corrected chi connectivity index (χ3v) is 2.69. The van der Waals surface area contributed by atoms with Crippen molar-refractivity contribution in [3.63, 3.8) is 0 Å². The second-order valence-electron chi connectivity index (χ2n) is 4.00. The standard InChI is InChI=1S/C9H16N4O4/c1-4-7(12-5(2)14)9(16)8(15)6(17-4)3-11-13-10/h4,6-9,15-16H,3H2,1-2H3,(H,12,14)/t4?,6-,7+,8+,9-/m1/s1. The van der Waals surface area contributed by atoms with Crippen LogP contribution in [-0.4, -0.2) is 53.1 Å². The summed E-state index contributed by atoms with van der Waals surface area (Å²) in [4.78, 5) is 13.5. The number of nitrogens with zero attached hydrogens (tertiary/aromatic N) is 3. The van der Waals surface area contributed by atoms with E-state index in [1.165, 1.54) is 6.92 Å². The average Bonchev–Trinajstić information content (AvgIpc) is 2.27. The molecule has 1 unspecified atom stereocenters. The number of ether oxygens (including phenoxy) is 1. The number of hydrogen-bond donors (Lipinski definition) is 3. The summed E-state index contributed by atoms with van der Waals surface area (Å²) in [7, 11) is 0. The van der Waals surface area contributed by atoms with Crippen LogP contribution in [0.1, 0.15) is 13.8 Å². The summed E-state index contributed by atoms with van der Waals surface area (Å²) in [6.07, 6.45) is -3.59. The van der Waals surface area contributed by atoms with E-state index in [2.05, 4.69) is 15.3 Å². The molecule has 1 saturated heterocycles. The maximum Gasteiger partial charge on any atom is 0.217 e. The molecule has 8 heteroatoms. The van der Waals surface area contributed by atoms with E-state index in [9.17, 15) is 15.0 Å². The molecule has 0 aromatic rings. The van der Waals surface area contributed by atoms with Crippen molar-refractivity contribution < 1.29 is 19.7 Å². The van der Waals surface area contributed by atoms with Crippen molar-refractivity contribution in [3.8, 4) is 0 Å². The minimum atomic E-state index is -1.20. The van der Waals surface area contributed by atoms with Crippen LogP contribution < -0.4 is 5.32 Å². The zero-order valence-corrected chi connectivity index (χ0v) is 9.65. The molecule has 0 spiro atoms. The number of azide groups is 1. The second-order valence-corrected chi connectivity index (χ2v) is 4.00. The predicted molar refractivity (Wildman–Crippen MR) is 58.0 cm³/mol. The van der Waals surface area contributed by atoms with Gasteiger partial charge in [0.25, 0.3) is 0 Å². The zero-order valence-electron chi connectivity index (χ0n) is 9.65. The van der Waals surface area contributed by atoms with Crippen LogP contribution in [0.4, 0.5) is 0 Å². The fourth-order valence-electron chi connectivity index (χ4n) is 1.86. The largest absolute Gasteiger partial charge is 0.388 e. The molecule has 1 fully saturated rings. The number of nitrogens with one attached hydrogen (secondary N) is 1. The fourth-order valence-corrected chi connectivity index (χ4v) is 1.86. The summed E-state index contributed by atoms with van der Waals surface area (Å²) in [5, 5.41) is 25.4. The Morgan fingerprint density at radius 2 is 2.18 bits per heavy atom. The van der Waals surface area contributed by atoms with Crippen LogP contribution >= 0.6 is 0 Å². The molecular formula is C9H16N4O4. The van der Waals surface area contributed by atoms with Gasteiger partial charge in [-0.1, -0.05) is 5.11 Å². The van der Waals surface area contributed by atoms with Crippen LogP contribution in [0.3, 0.4) is 0 Å². The van der Waals surface area contributed by atoms with Gasteiger partial charge in [0.05, 0.1) is 24.8 Å². The highest BCUT2D eigenvalue weighted by Crippen LogP contribution is 2.21. The molecule has 1 aliphatic rings. The van der Waals surface area contributed by atoms with Crippen molar-refractivity contribution in [3.05, 3.63) is 10.4 Å². The predicted octanol–water partition coefficient (Wildman–Crippen LogP) is -0.690. The van der Waals surface area contributed by atoms with E-state index in [1.807, 2.05) is 0 Å². The highest BCUT2D eigenvalue weighted by atomic mass is 16.5. The van der Waals surface area contributed by atoms with Crippen molar-refractivity contribution in [2.75, 3.05) is 6.54 Å². The summed E-state index contributed by atoms with van der Waals surface area (Å²) in [5.41, 5.74) is 8.19. The number of rotatable bonds is 3.